The zero-order valence-electron chi connectivity index (χ0n) is 13.3. The van der Waals surface area contributed by atoms with Gasteiger partial charge in [-0.05, 0) is 32.2 Å². The molecule has 22 heavy (non-hydrogen) atoms. The summed E-state index contributed by atoms with van der Waals surface area (Å²) in [4.78, 5) is 29.8. The van der Waals surface area contributed by atoms with Gasteiger partial charge in [0.15, 0.2) is 0 Å². The number of hydrogen-bond donors (Lipinski definition) is 0. The van der Waals surface area contributed by atoms with Crippen LogP contribution < -0.4 is 0 Å². The van der Waals surface area contributed by atoms with E-state index in [1.807, 2.05) is 9.80 Å². The highest BCUT2D eigenvalue weighted by Gasteiger charge is 2.33. The predicted octanol–water partition coefficient (Wildman–Crippen LogP) is 0.178. The largest absolute Gasteiger partial charge is 0.378 e. The molecule has 3 aliphatic rings. The van der Waals surface area contributed by atoms with Crippen LogP contribution in [-0.4, -0.2) is 85.5 Å². The monoisotopic (exact) mass is 309 g/mol. The van der Waals surface area contributed by atoms with Crippen molar-refractivity contribution in [3.63, 3.8) is 0 Å². The number of piperidine rings is 2. The molecule has 3 saturated heterocycles. The predicted molar refractivity (Wildman–Crippen MR) is 82.4 cm³/mol. The molecule has 1 unspecified atom stereocenters. The van der Waals surface area contributed by atoms with Gasteiger partial charge in [-0.15, -0.1) is 0 Å². The number of ether oxygens (including phenoxy) is 1. The van der Waals surface area contributed by atoms with Gasteiger partial charge in [-0.1, -0.05) is 0 Å². The Labute approximate surface area is 132 Å². The normalized spacial score (nSPS) is 28.6. The van der Waals surface area contributed by atoms with Gasteiger partial charge in [0.25, 0.3) is 0 Å². The molecule has 1 atom stereocenters. The van der Waals surface area contributed by atoms with Crippen LogP contribution in [0.15, 0.2) is 0 Å². The number of carbonyl (C=O) groups is 2. The van der Waals surface area contributed by atoms with Crippen molar-refractivity contribution in [3.8, 4) is 0 Å². The minimum absolute atomic E-state index is 0.149. The zero-order valence-corrected chi connectivity index (χ0v) is 13.3. The molecule has 0 aliphatic carbocycles. The molecule has 0 bridgehead atoms. The van der Waals surface area contributed by atoms with Crippen LogP contribution in [-0.2, 0) is 14.3 Å². The molecular weight excluding hydrogens is 282 g/mol. The summed E-state index contributed by atoms with van der Waals surface area (Å²) in [6.07, 6.45) is 5.15. The molecular formula is C16H27N3O3. The van der Waals surface area contributed by atoms with Crippen molar-refractivity contribution < 1.29 is 14.3 Å². The van der Waals surface area contributed by atoms with Gasteiger partial charge in [-0.2, -0.15) is 0 Å². The Bertz CT molecular complexity index is 390. The molecule has 3 heterocycles. The van der Waals surface area contributed by atoms with Crippen LogP contribution in [0.1, 0.15) is 25.7 Å². The second-order valence-corrected chi connectivity index (χ2v) is 6.64. The number of hydrogen-bond acceptors (Lipinski definition) is 4. The summed E-state index contributed by atoms with van der Waals surface area (Å²) in [6, 6.07) is 0.538. The average Bonchev–Trinajstić information content (AvgIpc) is 2.62. The van der Waals surface area contributed by atoms with Crippen molar-refractivity contribution >= 4 is 12.3 Å². The molecule has 0 aromatic rings. The second-order valence-electron chi connectivity index (χ2n) is 6.64. The molecule has 124 valence electrons. The number of nitrogens with zero attached hydrogens (tertiary/aromatic N) is 3. The minimum atomic E-state index is 0.149. The van der Waals surface area contributed by atoms with Gasteiger partial charge in [0.05, 0.1) is 19.1 Å². The summed E-state index contributed by atoms with van der Waals surface area (Å²) >= 11 is 0. The van der Waals surface area contributed by atoms with E-state index >= 15 is 0 Å². The van der Waals surface area contributed by atoms with E-state index in [1.165, 1.54) is 0 Å². The molecule has 3 fully saturated rings. The van der Waals surface area contributed by atoms with E-state index in [2.05, 4.69) is 4.90 Å². The van der Waals surface area contributed by atoms with Gasteiger partial charge >= 0.3 is 0 Å². The molecule has 0 spiro atoms. The highest BCUT2D eigenvalue weighted by Crippen LogP contribution is 2.25. The number of likely N-dealkylation sites (tertiary alicyclic amines) is 2. The maximum absolute atomic E-state index is 12.7. The molecule has 6 heteroatoms. The first-order valence-corrected chi connectivity index (χ1v) is 8.58. The standard InChI is InChI=1S/C16H27N3O3/c20-13-17-6-3-15(4-7-17)19-5-1-2-14(12-19)16(21)18-8-10-22-11-9-18/h13-15H,1-12H2. The van der Waals surface area contributed by atoms with E-state index in [9.17, 15) is 9.59 Å². The van der Waals surface area contributed by atoms with Gasteiger partial charge in [-0.25, -0.2) is 0 Å². The quantitative estimate of drug-likeness (QED) is 0.698. The van der Waals surface area contributed by atoms with Crippen LogP contribution >= 0.6 is 0 Å². The highest BCUT2D eigenvalue weighted by molar-refractivity contribution is 5.79. The van der Waals surface area contributed by atoms with Crippen LogP contribution in [0.4, 0.5) is 0 Å². The van der Waals surface area contributed by atoms with E-state index < -0.39 is 0 Å². The number of rotatable bonds is 3. The Kier molecular flexibility index (Phi) is 5.31. The average molecular weight is 309 g/mol. The Morgan fingerprint density at radius 3 is 2.41 bits per heavy atom. The van der Waals surface area contributed by atoms with E-state index in [0.717, 1.165) is 71.4 Å². The first-order valence-electron chi connectivity index (χ1n) is 8.58. The van der Waals surface area contributed by atoms with Gasteiger partial charge in [0.2, 0.25) is 12.3 Å². The fourth-order valence-corrected chi connectivity index (χ4v) is 3.94. The van der Waals surface area contributed by atoms with Crippen LogP contribution in [0, 0.1) is 5.92 Å². The lowest BCUT2D eigenvalue weighted by Gasteiger charge is -2.42. The lowest BCUT2D eigenvalue weighted by Crippen LogP contribution is -2.52. The van der Waals surface area contributed by atoms with Crippen molar-refractivity contribution in [2.75, 3.05) is 52.5 Å². The Morgan fingerprint density at radius 1 is 1.00 bits per heavy atom. The van der Waals surface area contributed by atoms with Gasteiger partial charge in [0, 0.05) is 38.8 Å². The van der Waals surface area contributed by atoms with Crippen LogP contribution in [0.2, 0.25) is 0 Å². The Morgan fingerprint density at radius 2 is 1.73 bits per heavy atom. The van der Waals surface area contributed by atoms with Crippen molar-refractivity contribution in [2.24, 2.45) is 5.92 Å². The Hall–Kier alpha value is -1.14. The number of amides is 2. The van der Waals surface area contributed by atoms with Crippen molar-refractivity contribution in [2.45, 2.75) is 31.7 Å². The molecule has 0 N–H and O–H groups in total. The molecule has 3 rings (SSSR count). The van der Waals surface area contributed by atoms with E-state index in [4.69, 9.17) is 4.74 Å². The third-order valence-electron chi connectivity index (χ3n) is 5.29. The Balaban J connectivity index is 1.52. The zero-order chi connectivity index (χ0) is 15.4. The minimum Gasteiger partial charge on any atom is -0.378 e. The van der Waals surface area contributed by atoms with Crippen molar-refractivity contribution in [1.29, 1.82) is 0 Å². The van der Waals surface area contributed by atoms with E-state index in [-0.39, 0.29) is 5.92 Å². The number of morpholine rings is 1. The van der Waals surface area contributed by atoms with Crippen molar-refractivity contribution in [1.82, 2.24) is 14.7 Å². The molecule has 6 nitrogen and oxygen atoms in total. The number of carbonyl (C=O) groups excluding carboxylic acids is 2. The smallest absolute Gasteiger partial charge is 0.227 e. The van der Waals surface area contributed by atoms with E-state index in [0.29, 0.717) is 25.2 Å². The summed E-state index contributed by atoms with van der Waals surface area (Å²) in [7, 11) is 0. The van der Waals surface area contributed by atoms with Gasteiger partial charge < -0.3 is 14.5 Å². The molecule has 0 saturated carbocycles. The topological polar surface area (TPSA) is 53.1 Å². The van der Waals surface area contributed by atoms with Crippen molar-refractivity contribution in [3.05, 3.63) is 0 Å². The third-order valence-corrected chi connectivity index (χ3v) is 5.29. The van der Waals surface area contributed by atoms with Gasteiger partial charge in [-0.3, -0.25) is 14.5 Å². The lowest BCUT2D eigenvalue weighted by molar-refractivity contribution is -0.141. The lowest BCUT2D eigenvalue weighted by atomic mass is 9.93. The molecule has 3 aliphatic heterocycles. The van der Waals surface area contributed by atoms with Gasteiger partial charge in [0.1, 0.15) is 0 Å². The summed E-state index contributed by atoms with van der Waals surface area (Å²) < 4.78 is 5.34. The third kappa shape index (κ3) is 3.60. The fourth-order valence-electron chi connectivity index (χ4n) is 3.94. The van der Waals surface area contributed by atoms with Crippen LogP contribution in [0.25, 0.3) is 0 Å². The highest BCUT2D eigenvalue weighted by atomic mass is 16.5. The molecule has 2 amide bonds. The summed E-state index contributed by atoms with van der Waals surface area (Å²) in [5.74, 6) is 0.467. The second kappa shape index (κ2) is 7.42. The molecule has 0 aromatic heterocycles. The summed E-state index contributed by atoms with van der Waals surface area (Å²) in [5, 5.41) is 0. The fraction of sp³-hybridized carbons (Fsp3) is 0.875. The maximum atomic E-state index is 12.7. The molecule has 0 aromatic carbocycles. The van der Waals surface area contributed by atoms with Crippen LogP contribution in [0.3, 0.4) is 0 Å². The maximum Gasteiger partial charge on any atom is 0.227 e. The van der Waals surface area contributed by atoms with Crippen LogP contribution in [0.5, 0.6) is 0 Å². The summed E-state index contributed by atoms with van der Waals surface area (Å²) in [5.41, 5.74) is 0. The first-order chi connectivity index (χ1) is 10.8. The molecule has 0 radical (unpaired) electrons. The first kappa shape index (κ1) is 15.7. The van der Waals surface area contributed by atoms with E-state index in [1.54, 1.807) is 0 Å². The SMILES string of the molecule is O=CN1CCC(N2CCCC(C(=O)N3CCOCC3)C2)CC1. The summed E-state index contributed by atoms with van der Waals surface area (Å²) in [6.45, 7) is 6.53.